The maximum Gasteiger partial charge on any atom is 0.251 e. The molecule has 3 fully saturated rings. The van der Waals surface area contributed by atoms with E-state index in [0.29, 0.717) is 18.5 Å². The Kier molecular flexibility index (Phi) is 4.76. The fourth-order valence-corrected chi connectivity index (χ4v) is 3.95. The van der Waals surface area contributed by atoms with Crippen molar-refractivity contribution < 1.29 is 28.5 Å². The molecule has 0 aromatic heterocycles. The molecule has 1 aromatic carbocycles. The Hall–Kier alpha value is -1.51. The number of carbonyl (C=O) groups is 1. The number of ether oxygens (including phenoxy) is 5. The van der Waals surface area contributed by atoms with Crippen molar-refractivity contribution in [1.82, 2.24) is 5.32 Å². The molecule has 0 radical (unpaired) electrons. The minimum absolute atomic E-state index is 0.105. The van der Waals surface area contributed by atoms with E-state index in [1.807, 2.05) is 45.9 Å². The average molecular weight is 377 g/mol. The minimum atomic E-state index is -0.730. The van der Waals surface area contributed by atoms with Crippen LogP contribution in [-0.2, 0) is 23.7 Å². The molecular weight excluding hydrogens is 350 g/mol. The van der Waals surface area contributed by atoms with Gasteiger partial charge in [-0.1, -0.05) is 18.2 Å². The van der Waals surface area contributed by atoms with Gasteiger partial charge < -0.3 is 29.0 Å². The number of benzene rings is 1. The Morgan fingerprint density at radius 2 is 1.56 bits per heavy atom. The molecule has 5 atom stereocenters. The first-order valence-corrected chi connectivity index (χ1v) is 9.44. The van der Waals surface area contributed by atoms with E-state index in [1.165, 1.54) is 0 Å². The Morgan fingerprint density at radius 1 is 0.926 bits per heavy atom. The number of amides is 1. The summed E-state index contributed by atoms with van der Waals surface area (Å²) in [5, 5.41) is 2.94. The van der Waals surface area contributed by atoms with E-state index in [1.54, 1.807) is 12.1 Å². The van der Waals surface area contributed by atoms with Crippen LogP contribution in [0.4, 0.5) is 0 Å². The van der Waals surface area contributed by atoms with E-state index >= 15 is 0 Å². The third-order valence-corrected chi connectivity index (χ3v) is 5.00. The van der Waals surface area contributed by atoms with E-state index in [-0.39, 0.29) is 30.3 Å². The molecule has 3 saturated heterocycles. The van der Waals surface area contributed by atoms with Crippen LogP contribution in [0, 0.1) is 0 Å². The van der Waals surface area contributed by atoms with Gasteiger partial charge in [-0.25, -0.2) is 0 Å². The molecule has 1 aromatic rings. The van der Waals surface area contributed by atoms with Gasteiger partial charge in [0.1, 0.15) is 18.3 Å². The van der Waals surface area contributed by atoms with Crippen molar-refractivity contribution >= 4 is 5.91 Å². The van der Waals surface area contributed by atoms with Crippen LogP contribution < -0.4 is 5.32 Å². The SMILES string of the molecule is CC1(C)O[C@H]2[C@@H](O1)[C@@H](CCNC(=O)c1ccccc1)O[C@@H]1OC(C)(C)O[C@@H]12. The minimum Gasteiger partial charge on any atom is -0.352 e. The summed E-state index contributed by atoms with van der Waals surface area (Å²) in [4.78, 5) is 12.2. The van der Waals surface area contributed by atoms with E-state index < -0.39 is 17.9 Å². The van der Waals surface area contributed by atoms with Crippen LogP contribution in [-0.4, -0.2) is 54.7 Å². The summed E-state index contributed by atoms with van der Waals surface area (Å²) in [5.41, 5.74) is 0.635. The largest absolute Gasteiger partial charge is 0.352 e. The lowest BCUT2D eigenvalue weighted by Crippen LogP contribution is -2.55. The molecule has 0 saturated carbocycles. The molecule has 1 N–H and O–H groups in total. The zero-order chi connectivity index (χ0) is 19.2. The molecule has 0 spiro atoms. The van der Waals surface area contributed by atoms with Crippen molar-refractivity contribution in [3.63, 3.8) is 0 Å². The fourth-order valence-electron chi connectivity index (χ4n) is 3.95. The molecule has 3 aliphatic heterocycles. The molecule has 1 amide bonds. The summed E-state index contributed by atoms with van der Waals surface area (Å²) in [6.45, 7) is 7.96. The van der Waals surface area contributed by atoms with Crippen molar-refractivity contribution in [2.45, 2.75) is 76.4 Å². The van der Waals surface area contributed by atoms with Crippen LogP contribution >= 0.6 is 0 Å². The summed E-state index contributed by atoms with van der Waals surface area (Å²) in [5.74, 6) is -1.55. The van der Waals surface area contributed by atoms with Crippen LogP contribution in [0.2, 0.25) is 0 Å². The molecular formula is C20H27NO6. The highest BCUT2D eigenvalue weighted by molar-refractivity contribution is 5.94. The smallest absolute Gasteiger partial charge is 0.251 e. The first kappa shape index (κ1) is 18.8. The highest BCUT2D eigenvalue weighted by atomic mass is 16.9. The van der Waals surface area contributed by atoms with Gasteiger partial charge in [-0.2, -0.15) is 0 Å². The quantitative estimate of drug-likeness (QED) is 0.867. The first-order valence-electron chi connectivity index (χ1n) is 9.44. The lowest BCUT2D eigenvalue weighted by molar-refractivity contribution is -0.234. The number of carbonyl (C=O) groups excluding carboxylic acids is 1. The van der Waals surface area contributed by atoms with Gasteiger partial charge in [-0.15, -0.1) is 0 Å². The third kappa shape index (κ3) is 3.88. The monoisotopic (exact) mass is 377 g/mol. The van der Waals surface area contributed by atoms with E-state index in [0.717, 1.165) is 0 Å². The highest BCUT2D eigenvalue weighted by Gasteiger charge is 2.60. The van der Waals surface area contributed by atoms with Gasteiger partial charge in [0.2, 0.25) is 0 Å². The zero-order valence-corrected chi connectivity index (χ0v) is 16.1. The number of rotatable bonds is 4. The Balaban J connectivity index is 1.41. The van der Waals surface area contributed by atoms with Gasteiger partial charge in [0.25, 0.3) is 5.91 Å². The second-order valence-electron chi connectivity index (χ2n) is 8.12. The standard InChI is InChI=1S/C20H27NO6/c1-19(2)24-14-13(10-11-21-17(22)12-8-6-5-7-9-12)23-18-16(15(14)25-19)26-20(3,4)27-18/h5-9,13-16,18H,10-11H2,1-4H3,(H,21,22)/t13-,14+,15+,16-,18-/m1/s1. The molecule has 148 valence electrons. The number of fused-ring (bicyclic) bond motifs is 3. The first-order chi connectivity index (χ1) is 12.7. The van der Waals surface area contributed by atoms with Crippen molar-refractivity contribution in [3.05, 3.63) is 35.9 Å². The van der Waals surface area contributed by atoms with Gasteiger partial charge in [0, 0.05) is 12.1 Å². The Bertz CT molecular complexity index is 691. The molecule has 7 nitrogen and oxygen atoms in total. The lowest BCUT2D eigenvalue weighted by atomic mass is 9.97. The molecule has 3 heterocycles. The second-order valence-corrected chi connectivity index (χ2v) is 8.12. The molecule has 7 heteroatoms. The Morgan fingerprint density at radius 3 is 2.30 bits per heavy atom. The van der Waals surface area contributed by atoms with Gasteiger partial charge >= 0.3 is 0 Å². The predicted molar refractivity (Wildman–Crippen MR) is 95.9 cm³/mol. The summed E-state index contributed by atoms with van der Waals surface area (Å²) in [6.07, 6.45) is -1.04. The van der Waals surface area contributed by atoms with E-state index in [9.17, 15) is 4.79 Å². The summed E-state index contributed by atoms with van der Waals surface area (Å²) >= 11 is 0. The van der Waals surface area contributed by atoms with Gasteiger partial charge in [0.15, 0.2) is 17.9 Å². The molecule has 0 bridgehead atoms. The van der Waals surface area contributed by atoms with Gasteiger partial charge in [0.05, 0.1) is 6.10 Å². The average Bonchev–Trinajstić information content (AvgIpc) is 3.10. The Labute approximate surface area is 159 Å². The van der Waals surface area contributed by atoms with Crippen LogP contribution in [0.1, 0.15) is 44.5 Å². The predicted octanol–water partition coefficient (Wildman–Crippen LogP) is 2.20. The fraction of sp³-hybridized carbons (Fsp3) is 0.650. The summed E-state index contributed by atoms with van der Waals surface area (Å²) in [6, 6.07) is 9.14. The van der Waals surface area contributed by atoms with E-state index in [2.05, 4.69) is 5.32 Å². The van der Waals surface area contributed by atoms with Crippen molar-refractivity contribution in [1.29, 1.82) is 0 Å². The maximum absolute atomic E-state index is 12.2. The van der Waals surface area contributed by atoms with Gasteiger partial charge in [-0.05, 0) is 46.2 Å². The van der Waals surface area contributed by atoms with Crippen LogP contribution in [0.25, 0.3) is 0 Å². The molecule has 0 unspecified atom stereocenters. The topological polar surface area (TPSA) is 75.3 Å². The van der Waals surface area contributed by atoms with Crippen LogP contribution in [0.15, 0.2) is 30.3 Å². The van der Waals surface area contributed by atoms with Gasteiger partial charge in [-0.3, -0.25) is 4.79 Å². The van der Waals surface area contributed by atoms with E-state index in [4.69, 9.17) is 23.7 Å². The number of hydrogen-bond acceptors (Lipinski definition) is 6. The lowest BCUT2D eigenvalue weighted by Gasteiger charge is -2.37. The second kappa shape index (κ2) is 6.83. The summed E-state index contributed by atoms with van der Waals surface area (Å²) < 4.78 is 30.2. The number of nitrogens with one attached hydrogen (secondary N) is 1. The van der Waals surface area contributed by atoms with Crippen LogP contribution in [0.3, 0.4) is 0 Å². The zero-order valence-electron chi connectivity index (χ0n) is 16.1. The highest BCUT2D eigenvalue weighted by Crippen LogP contribution is 2.44. The van der Waals surface area contributed by atoms with Crippen molar-refractivity contribution in [2.24, 2.45) is 0 Å². The molecule has 0 aliphatic carbocycles. The molecule has 3 aliphatic rings. The summed E-state index contributed by atoms with van der Waals surface area (Å²) in [7, 11) is 0. The molecule has 4 rings (SSSR count). The van der Waals surface area contributed by atoms with Crippen molar-refractivity contribution in [3.8, 4) is 0 Å². The molecule has 27 heavy (non-hydrogen) atoms. The normalized spacial score (nSPS) is 36.1. The number of hydrogen-bond donors (Lipinski definition) is 1. The maximum atomic E-state index is 12.2. The third-order valence-electron chi connectivity index (χ3n) is 5.00. The van der Waals surface area contributed by atoms with Crippen molar-refractivity contribution in [2.75, 3.05) is 6.54 Å². The van der Waals surface area contributed by atoms with Crippen LogP contribution in [0.5, 0.6) is 0 Å².